The zero-order chi connectivity index (χ0) is 10.8. The van der Waals surface area contributed by atoms with Gasteiger partial charge in [-0.1, -0.05) is 11.6 Å². The van der Waals surface area contributed by atoms with Crippen LogP contribution in [0.15, 0.2) is 12.4 Å². The molecule has 0 amide bonds. The summed E-state index contributed by atoms with van der Waals surface area (Å²) in [5.74, 6) is 0.796. The first kappa shape index (κ1) is 10.6. The lowest BCUT2D eigenvalue weighted by Crippen LogP contribution is -2.37. The van der Waals surface area contributed by atoms with E-state index in [1.165, 1.54) is 6.20 Å². The number of hydrogen-bond acceptors (Lipinski definition) is 4. The van der Waals surface area contributed by atoms with Gasteiger partial charge in [0.15, 0.2) is 0 Å². The molecule has 1 aromatic rings. The fourth-order valence-electron chi connectivity index (χ4n) is 1.90. The first-order chi connectivity index (χ1) is 7.18. The van der Waals surface area contributed by atoms with Crippen molar-refractivity contribution in [3.63, 3.8) is 0 Å². The first-order valence-electron chi connectivity index (χ1n) is 5.00. The molecule has 2 rings (SSSR count). The first-order valence-corrected chi connectivity index (χ1v) is 5.38. The number of hydrogen-bond donors (Lipinski definition) is 0. The Hall–Kier alpha value is -0.870. The minimum atomic E-state index is 0.232. The van der Waals surface area contributed by atoms with E-state index in [4.69, 9.17) is 16.3 Å². The molecule has 1 aliphatic heterocycles. The van der Waals surface area contributed by atoms with Crippen LogP contribution in [0.25, 0.3) is 0 Å². The summed E-state index contributed by atoms with van der Waals surface area (Å²) in [6.45, 7) is 2.89. The number of halogens is 1. The molecule has 2 heterocycles. The van der Waals surface area contributed by atoms with Crippen LogP contribution >= 0.6 is 11.6 Å². The summed E-state index contributed by atoms with van der Waals surface area (Å²) in [6.07, 6.45) is 4.51. The smallest absolute Gasteiger partial charge is 0.149 e. The third-order valence-electron chi connectivity index (χ3n) is 2.79. The van der Waals surface area contributed by atoms with E-state index in [0.29, 0.717) is 11.2 Å². The summed E-state index contributed by atoms with van der Waals surface area (Å²) in [5, 5.41) is 0.422. The molecule has 2 unspecified atom stereocenters. The summed E-state index contributed by atoms with van der Waals surface area (Å²) < 4.78 is 5.52. The lowest BCUT2D eigenvalue weighted by molar-refractivity contribution is 0.118. The average Bonchev–Trinajstić information content (AvgIpc) is 2.63. The second-order valence-electron chi connectivity index (χ2n) is 3.74. The van der Waals surface area contributed by atoms with Crippen molar-refractivity contribution in [3.05, 3.63) is 17.5 Å². The van der Waals surface area contributed by atoms with Gasteiger partial charge < -0.3 is 9.64 Å². The molecule has 82 valence electrons. The molecule has 5 heteroatoms. The molecule has 0 radical (unpaired) electrons. The van der Waals surface area contributed by atoms with Crippen molar-refractivity contribution in [1.82, 2.24) is 9.97 Å². The molecule has 1 aromatic heterocycles. The molecule has 0 aromatic carbocycles. The van der Waals surface area contributed by atoms with Crippen molar-refractivity contribution >= 4 is 17.4 Å². The third-order valence-corrected chi connectivity index (χ3v) is 2.97. The highest BCUT2D eigenvalue weighted by Gasteiger charge is 2.28. The Kier molecular flexibility index (Phi) is 3.07. The maximum absolute atomic E-state index is 5.80. The molecule has 0 saturated carbocycles. The molecule has 1 aliphatic rings. The van der Waals surface area contributed by atoms with E-state index in [-0.39, 0.29) is 6.10 Å². The van der Waals surface area contributed by atoms with Gasteiger partial charge >= 0.3 is 0 Å². The molecule has 15 heavy (non-hydrogen) atoms. The van der Waals surface area contributed by atoms with Crippen molar-refractivity contribution in [2.24, 2.45) is 0 Å². The van der Waals surface area contributed by atoms with Gasteiger partial charge in [-0.15, -0.1) is 0 Å². The van der Waals surface area contributed by atoms with Gasteiger partial charge in [0.1, 0.15) is 11.0 Å². The quantitative estimate of drug-likeness (QED) is 0.772. The molecular weight excluding hydrogens is 214 g/mol. The third kappa shape index (κ3) is 2.21. The summed E-state index contributed by atoms with van der Waals surface area (Å²) in [7, 11) is 2.00. The Labute approximate surface area is 94.2 Å². The van der Waals surface area contributed by atoms with Crippen molar-refractivity contribution in [3.8, 4) is 0 Å². The van der Waals surface area contributed by atoms with Gasteiger partial charge in [-0.2, -0.15) is 0 Å². The van der Waals surface area contributed by atoms with Gasteiger partial charge in [0.25, 0.3) is 0 Å². The number of ether oxygens (including phenoxy) is 1. The minimum Gasteiger partial charge on any atom is -0.376 e. The van der Waals surface area contributed by atoms with Crippen LogP contribution in [0.2, 0.25) is 5.15 Å². The second kappa shape index (κ2) is 4.33. The van der Waals surface area contributed by atoms with Crippen LogP contribution in [0.4, 0.5) is 5.82 Å². The Balaban J connectivity index is 2.16. The Morgan fingerprint density at radius 2 is 2.33 bits per heavy atom. The van der Waals surface area contributed by atoms with Crippen LogP contribution in [0, 0.1) is 0 Å². The maximum Gasteiger partial charge on any atom is 0.149 e. The predicted octanol–water partition coefficient (Wildman–Crippen LogP) is 1.74. The number of aromatic nitrogens is 2. The van der Waals surface area contributed by atoms with Crippen LogP contribution in [0.3, 0.4) is 0 Å². The lowest BCUT2D eigenvalue weighted by Gasteiger charge is -2.27. The molecule has 2 atom stereocenters. The van der Waals surface area contributed by atoms with Crippen molar-refractivity contribution in [2.45, 2.75) is 25.5 Å². The van der Waals surface area contributed by atoms with Gasteiger partial charge in [0.05, 0.1) is 24.5 Å². The van der Waals surface area contributed by atoms with Gasteiger partial charge in [-0.05, 0) is 13.3 Å². The fourth-order valence-corrected chi connectivity index (χ4v) is 2.04. The van der Waals surface area contributed by atoms with E-state index in [9.17, 15) is 0 Å². The van der Waals surface area contributed by atoms with E-state index in [0.717, 1.165) is 18.8 Å². The average molecular weight is 228 g/mol. The van der Waals surface area contributed by atoms with Gasteiger partial charge in [-0.3, -0.25) is 4.98 Å². The highest BCUT2D eigenvalue weighted by molar-refractivity contribution is 6.29. The molecule has 1 fully saturated rings. The number of nitrogens with zero attached hydrogens (tertiary/aromatic N) is 3. The highest BCUT2D eigenvalue weighted by Crippen LogP contribution is 2.22. The van der Waals surface area contributed by atoms with Crippen molar-refractivity contribution in [2.75, 3.05) is 18.6 Å². The maximum atomic E-state index is 5.80. The Morgan fingerprint density at radius 3 is 2.93 bits per heavy atom. The molecule has 0 N–H and O–H groups in total. The van der Waals surface area contributed by atoms with E-state index >= 15 is 0 Å². The van der Waals surface area contributed by atoms with E-state index in [1.54, 1.807) is 6.20 Å². The van der Waals surface area contributed by atoms with Gasteiger partial charge in [0, 0.05) is 13.7 Å². The molecule has 4 nitrogen and oxygen atoms in total. The van der Waals surface area contributed by atoms with Crippen molar-refractivity contribution < 1.29 is 4.74 Å². The van der Waals surface area contributed by atoms with Gasteiger partial charge in [-0.25, -0.2) is 4.98 Å². The zero-order valence-electron chi connectivity index (χ0n) is 8.85. The van der Waals surface area contributed by atoms with Gasteiger partial charge in [0.2, 0.25) is 0 Å². The molecule has 0 aliphatic carbocycles. The topological polar surface area (TPSA) is 38.2 Å². The Morgan fingerprint density at radius 1 is 1.53 bits per heavy atom. The zero-order valence-corrected chi connectivity index (χ0v) is 9.61. The second-order valence-corrected chi connectivity index (χ2v) is 4.13. The van der Waals surface area contributed by atoms with E-state index in [2.05, 4.69) is 21.8 Å². The van der Waals surface area contributed by atoms with Crippen LogP contribution in [-0.4, -0.2) is 35.8 Å². The minimum absolute atomic E-state index is 0.232. The number of anilines is 1. The lowest BCUT2D eigenvalue weighted by atomic mass is 10.1. The van der Waals surface area contributed by atoms with Crippen molar-refractivity contribution in [1.29, 1.82) is 0 Å². The van der Waals surface area contributed by atoms with E-state index < -0.39 is 0 Å². The SMILES string of the molecule is CC1OCCC1N(C)c1cncc(Cl)n1. The highest BCUT2D eigenvalue weighted by atomic mass is 35.5. The van der Waals surface area contributed by atoms with Crippen LogP contribution in [0.5, 0.6) is 0 Å². The fraction of sp³-hybridized carbons (Fsp3) is 0.600. The van der Waals surface area contributed by atoms with Crippen LogP contribution < -0.4 is 4.90 Å². The molecule has 1 saturated heterocycles. The number of rotatable bonds is 2. The van der Waals surface area contributed by atoms with Crippen LogP contribution in [0.1, 0.15) is 13.3 Å². The standard InChI is InChI=1S/C10H14ClN3O/c1-7-8(3-4-15-7)14(2)10-6-12-5-9(11)13-10/h5-8H,3-4H2,1-2H3. The number of likely N-dealkylation sites (N-methyl/N-ethyl adjacent to an activating group) is 1. The molecule has 0 bridgehead atoms. The largest absolute Gasteiger partial charge is 0.376 e. The van der Waals surface area contributed by atoms with Crippen LogP contribution in [-0.2, 0) is 4.74 Å². The summed E-state index contributed by atoms with van der Waals surface area (Å²) in [5.41, 5.74) is 0. The van der Waals surface area contributed by atoms with E-state index in [1.807, 2.05) is 7.05 Å². The molecular formula is C10H14ClN3O. The summed E-state index contributed by atoms with van der Waals surface area (Å²) in [4.78, 5) is 10.3. The summed E-state index contributed by atoms with van der Waals surface area (Å²) >= 11 is 5.80. The molecule has 0 spiro atoms. The summed E-state index contributed by atoms with van der Waals surface area (Å²) in [6, 6.07) is 0.359. The predicted molar refractivity (Wildman–Crippen MR) is 59.3 cm³/mol. The normalized spacial score (nSPS) is 25.5. The Bertz CT molecular complexity index is 347. The monoisotopic (exact) mass is 227 g/mol.